The Bertz CT molecular complexity index is 1060. The lowest BCUT2D eigenvalue weighted by Crippen LogP contribution is -2.30. The van der Waals surface area contributed by atoms with E-state index >= 15 is 0 Å². The fourth-order valence-electron chi connectivity index (χ4n) is 8.65. The minimum absolute atomic E-state index is 0.182. The average Bonchev–Trinajstić information content (AvgIpc) is 2.96. The van der Waals surface area contributed by atoms with E-state index in [9.17, 15) is 9.59 Å². The van der Waals surface area contributed by atoms with Gasteiger partial charge in [0.2, 0.25) is 18.2 Å². The van der Waals surface area contributed by atoms with Crippen LogP contribution in [-0.2, 0) is 4.79 Å². The van der Waals surface area contributed by atoms with Gasteiger partial charge in [-0.3, -0.25) is 14.4 Å². The van der Waals surface area contributed by atoms with E-state index in [1.54, 1.807) is 0 Å². The lowest BCUT2D eigenvalue weighted by molar-refractivity contribution is -0.106. The third kappa shape index (κ3) is 7.96. The van der Waals surface area contributed by atoms with E-state index in [4.69, 9.17) is 16.3 Å². The summed E-state index contributed by atoms with van der Waals surface area (Å²) in [4.78, 5) is 35.1. The number of hydrogen-bond acceptors (Lipinski definition) is 3. The summed E-state index contributed by atoms with van der Waals surface area (Å²) >= 11 is 0. The second kappa shape index (κ2) is 15.4. The molecule has 6 N–H and O–H groups in total. The maximum Gasteiger partial charge on any atom is 0.249 e. The van der Waals surface area contributed by atoms with Gasteiger partial charge in [-0.05, 0) is 153 Å². The number of benzene rings is 1. The van der Waals surface area contributed by atoms with Crippen molar-refractivity contribution in [1.82, 2.24) is 0 Å². The molecule has 0 unspecified atom stereocenters. The third-order valence-electron chi connectivity index (χ3n) is 11.4. The number of hydrogen-bond donors (Lipinski definition) is 3. The smallest absolute Gasteiger partial charge is 0.249 e. The zero-order chi connectivity index (χ0) is 31.1. The van der Waals surface area contributed by atoms with Gasteiger partial charge in [0.15, 0.2) is 0 Å². The Morgan fingerprint density at radius 2 is 0.952 bits per heavy atom. The van der Waals surface area contributed by atoms with E-state index in [2.05, 4.69) is 53.3 Å². The number of primary amides is 3. The van der Waals surface area contributed by atoms with E-state index in [0.29, 0.717) is 46.6 Å². The number of carbonyl (C=O) groups is 3. The summed E-state index contributed by atoms with van der Waals surface area (Å²) in [5.74, 6) is 4.41. The van der Waals surface area contributed by atoms with Crippen LogP contribution in [0.1, 0.15) is 174 Å². The lowest BCUT2D eigenvalue weighted by atomic mass is 9.66. The fraction of sp³-hybridized carbons (Fsp3) is 0.750. The molecule has 3 aliphatic carbocycles. The first-order valence-corrected chi connectivity index (χ1v) is 16.9. The molecule has 236 valence electrons. The van der Waals surface area contributed by atoms with Crippen molar-refractivity contribution in [3.8, 4) is 0 Å². The summed E-state index contributed by atoms with van der Waals surface area (Å²) in [6.45, 7) is 14.0. The number of carbonyl (C=O) groups excluding carboxylic acids is 3. The van der Waals surface area contributed by atoms with Crippen LogP contribution in [0.25, 0.3) is 0 Å². The van der Waals surface area contributed by atoms with Crippen molar-refractivity contribution in [2.45, 2.75) is 136 Å². The molecule has 1 aromatic rings. The Balaban J connectivity index is 0.00000155. The van der Waals surface area contributed by atoms with Crippen LogP contribution in [0.15, 0.2) is 6.07 Å². The van der Waals surface area contributed by atoms with Crippen molar-refractivity contribution in [2.24, 2.45) is 52.7 Å². The Labute approximate surface area is 255 Å². The number of nitrogens with two attached hydrogens (primary N) is 3. The van der Waals surface area contributed by atoms with E-state index in [-0.39, 0.29) is 18.2 Å². The highest BCUT2D eigenvalue weighted by molar-refractivity contribution is 6.03. The van der Waals surface area contributed by atoms with Gasteiger partial charge in [-0.1, -0.05) is 41.5 Å². The molecular weight excluding hydrogens is 522 g/mol. The van der Waals surface area contributed by atoms with Crippen LogP contribution < -0.4 is 17.2 Å². The Morgan fingerprint density at radius 3 is 1.26 bits per heavy atom. The highest BCUT2D eigenvalue weighted by Gasteiger charge is 2.37. The SMILES string of the molecule is CC(C)C1CCC(c2cc(C(N)=O)c(C3CCC(C(C)C)CC3)c(C(N)=O)c2C2CCC(C(C)C)CC2)CC1.NC=O. The summed E-state index contributed by atoms with van der Waals surface area (Å²) < 4.78 is 0. The van der Waals surface area contributed by atoms with Crippen molar-refractivity contribution in [3.05, 3.63) is 33.9 Å². The van der Waals surface area contributed by atoms with Gasteiger partial charge in [-0.15, -0.1) is 0 Å². The molecule has 3 saturated carbocycles. The van der Waals surface area contributed by atoms with Crippen LogP contribution in [0.3, 0.4) is 0 Å². The van der Waals surface area contributed by atoms with Crippen molar-refractivity contribution in [3.63, 3.8) is 0 Å². The standard InChI is InChI=1S/C35H56N2O2.CH3NO/c1-20(2)23-7-13-26(14-8-23)29-19-30(34(36)38)32(28-17-11-25(12-18-28)22(5)6)33(35(37)39)31(29)27-15-9-24(10-16-27)21(3)4;2-1-3/h19-28H,7-18H2,1-6H3,(H2,36,38)(H2,37,39);1H,(H2,2,3). The van der Waals surface area contributed by atoms with Gasteiger partial charge in [-0.25, -0.2) is 0 Å². The molecule has 4 rings (SSSR count). The molecule has 1 aromatic carbocycles. The monoisotopic (exact) mass is 581 g/mol. The van der Waals surface area contributed by atoms with Crippen molar-refractivity contribution < 1.29 is 14.4 Å². The van der Waals surface area contributed by atoms with Crippen LogP contribution in [0, 0.1) is 35.5 Å². The zero-order valence-electron chi connectivity index (χ0n) is 27.3. The van der Waals surface area contributed by atoms with Crippen molar-refractivity contribution in [1.29, 1.82) is 0 Å². The first kappa shape index (κ1) is 34.1. The molecule has 0 atom stereocenters. The molecule has 6 heteroatoms. The van der Waals surface area contributed by atoms with Gasteiger partial charge < -0.3 is 17.2 Å². The zero-order valence-corrected chi connectivity index (χ0v) is 27.3. The molecule has 0 aliphatic heterocycles. The molecule has 0 heterocycles. The summed E-state index contributed by atoms with van der Waals surface area (Å²) in [5.41, 5.74) is 21.2. The van der Waals surface area contributed by atoms with Crippen molar-refractivity contribution in [2.75, 3.05) is 0 Å². The normalized spacial score (nSPS) is 28.3. The van der Waals surface area contributed by atoms with Gasteiger partial charge in [0.05, 0.1) is 0 Å². The maximum absolute atomic E-state index is 13.5. The molecule has 0 aromatic heterocycles. The summed E-state index contributed by atoms with van der Waals surface area (Å²) in [6.07, 6.45) is 13.8. The molecule has 0 bridgehead atoms. The average molecular weight is 582 g/mol. The van der Waals surface area contributed by atoms with Crippen LogP contribution in [0.2, 0.25) is 0 Å². The van der Waals surface area contributed by atoms with Gasteiger partial charge in [0.25, 0.3) is 0 Å². The van der Waals surface area contributed by atoms with Crippen LogP contribution in [-0.4, -0.2) is 18.2 Å². The minimum Gasteiger partial charge on any atom is -0.372 e. The third-order valence-corrected chi connectivity index (χ3v) is 11.4. The summed E-state index contributed by atoms with van der Waals surface area (Å²) in [5, 5.41) is 0. The predicted molar refractivity (Wildman–Crippen MR) is 172 cm³/mol. The van der Waals surface area contributed by atoms with E-state index in [1.807, 2.05) is 0 Å². The predicted octanol–water partition coefficient (Wildman–Crippen LogP) is 7.78. The van der Waals surface area contributed by atoms with E-state index in [1.165, 1.54) is 36.8 Å². The highest BCUT2D eigenvalue weighted by atomic mass is 16.1. The summed E-state index contributed by atoms with van der Waals surface area (Å²) in [6, 6.07) is 2.16. The Morgan fingerprint density at radius 1 is 0.619 bits per heavy atom. The molecule has 3 aliphatic rings. The van der Waals surface area contributed by atoms with E-state index in [0.717, 1.165) is 68.8 Å². The second-order valence-electron chi connectivity index (χ2n) is 14.6. The topological polar surface area (TPSA) is 129 Å². The molecule has 3 fully saturated rings. The fourth-order valence-corrected chi connectivity index (χ4v) is 8.65. The van der Waals surface area contributed by atoms with Crippen molar-refractivity contribution >= 4 is 18.2 Å². The van der Waals surface area contributed by atoms with Crippen LogP contribution >= 0.6 is 0 Å². The molecule has 0 spiro atoms. The maximum atomic E-state index is 13.5. The van der Waals surface area contributed by atoms with Gasteiger partial charge in [0.1, 0.15) is 0 Å². The first-order valence-electron chi connectivity index (χ1n) is 16.9. The van der Waals surface area contributed by atoms with E-state index < -0.39 is 5.91 Å². The minimum atomic E-state index is -0.398. The highest BCUT2D eigenvalue weighted by Crippen LogP contribution is 2.50. The Hall–Kier alpha value is -2.37. The second-order valence-corrected chi connectivity index (χ2v) is 14.6. The van der Waals surface area contributed by atoms with Gasteiger partial charge in [-0.2, -0.15) is 0 Å². The quantitative estimate of drug-likeness (QED) is 0.271. The largest absolute Gasteiger partial charge is 0.372 e. The number of rotatable bonds is 8. The molecule has 3 amide bonds. The lowest BCUT2D eigenvalue weighted by Gasteiger charge is -2.39. The summed E-state index contributed by atoms with van der Waals surface area (Å²) in [7, 11) is 0. The van der Waals surface area contributed by atoms with Crippen LogP contribution in [0.4, 0.5) is 0 Å². The Kier molecular flexibility index (Phi) is 12.5. The first-order chi connectivity index (χ1) is 19.9. The molecule has 42 heavy (non-hydrogen) atoms. The molecule has 0 saturated heterocycles. The van der Waals surface area contributed by atoms with Crippen LogP contribution in [0.5, 0.6) is 0 Å². The molecular formula is C36H59N3O3. The van der Waals surface area contributed by atoms with Gasteiger partial charge >= 0.3 is 0 Å². The van der Waals surface area contributed by atoms with Gasteiger partial charge in [0, 0.05) is 11.1 Å². The molecule has 6 nitrogen and oxygen atoms in total. The number of amides is 3. The molecule has 0 radical (unpaired) electrons.